The fourth-order valence-corrected chi connectivity index (χ4v) is 4.74. The quantitative estimate of drug-likeness (QED) is 0.0683. The SMILES string of the molecule is CC#CCCc1ccccc1N=CC(CCCCCCCCCCCCC)=Nc1ccccc1CCC#CC.[Ni]. The molecule has 2 rings (SSSR count). The molecule has 0 aliphatic rings. The van der Waals surface area contributed by atoms with E-state index < -0.39 is 0 Å². The average Bonchev–Trinajstić information content (AvgIpc) is 2.96. The van der Waals surface area contributed by atoms with E-state index in [9.17, 15) is 0 Å². The van der Waals surface area contributed by atoms with Crippen LogP contribution < -0.4 is 0 Å². The van der Waals surface area contributed by atoms with Gasteiger partial charge in [0, 0.05) is 35.5 Å². The average molecular weight is 582 g/mol. The molecule has 0 heterocycles. The summed E-state index contributed by atoms with van der Waals surface area (Å²) in [5.41, 5.74) is 5.62. The van der Waals surface area contributed by atoms with E-state index >= 15 is 0 Å². The molecular weight excluding hydrogens is 531 g/mol. The molecular formula is C37H50N2Ni. The van der Waals surface area contributed by atoms with Crippen LogP contribution >= 0.6 is 0 Å². The van der Waals surface area contributed by atoms with E-state index in [1.54, 1.807) is 0 Å². The third-order valence-corrected chi connectivity index (χ3v) is 7.03. The first-order chi connectivity index (χ1) is 19.3. The van der Waals surface area contributed by atoms with Crippen LogP contribution in [0.2, 0.25) is 0 Å². The Balaban J connectivity index is 0.00000800. The number of aliphatic imine (C=N–C) groups is 2. The Bertz CT molecular complexity index is 1120. The van der Waals surface area contributed by atoms with Gasteiger partial charge in [0.2, 0.25) is 0 Å². The number of unbranched alkanes of at least 4 members (excludes halogenated alkanes) is 10. The minimum atomic E-state index is 0. The van der Waals surface area contributed by atoms with E-state index in [2.05, 4.69) is 79.1 Å². The molecule has 0 saturated carbocycles. The molecule has 0 radical (unpaired) electrons. The third kappa shape index (κ3) is 15.9. The Hall–Kier alpha value is -2.61. The summed E-state index contributed by atoms with van der Waals surface area (Å²) < 4.78 is 0. The van der Waals surface area contributed by atoms with Crippen molar-refractivity contribution in [2.24, 2.45) is 9.98 Å². The van der Waals surface area contributed by atoms with Gasteiger partial charge in [-0.1, -0.05) is 108 Å². The summed E-state index contributed by atoms with van der Waals surface area (Å²) in [5, 5.41) is 0. The molecule has 3 heteroatoms. The molecule has 0 saturated heterocycles. The molecule has 0 aliphatic carbocycles. The number of nitrogens with zero attached hydrogens (tertiary/aromatic N) is 2. The van der Waals surface area contributed by atoms with Gasteiger partial charge in [-0.3, -0.25) is 9.98 Å². The summed E-state index contributed by atoms with van der Waals surface area (Å²) in [6.45, 7) is 6.08. The van der Waals surface area contributed by atoms with Gasteiger partial charge in [0.15, 0.2) is 0 Å². The summed E-state index contributed by atoms with van der Waals surface area (Å²) in [5.74, 6) is 12.4. The van der Waals surface area contributed by atoms with Gasteiger partial charge in [-0.2, -0.15) is 0 Å². The second kappa shape index (κ2) is 24.2. The summed E-state index contributed by atoms with van der Waals surface area (Å²) in [7, 11) is 0. The van der Waals surface area contributed by atoms with Gasteiger partial charge in [0.1, 0.15) is 0 Å². The molecule has 40 heavy (non-hydrogen) atoms. The van der Waals surface area contributed by atoms with Crippen molar-refractivity contribution in [3.05, 3.63) is 59.7 Å². The molecule has 0 atom stereocenters. The Morgan fingerprint density at radius 2 is 1.12 bits per heavy atom. The summed E-state index contributed by atoms with van der Waals surface area (Å²) in [6, 6.07) is 16.9. The van der Waals surface area contributed by atoms with Crippen molar-refractivity contribution in [3.8, 4) is 23.7 Å². The number of aryl methyl sites for hydroxylation is 2. The van der Waals surface area contributed by atoms with Crippen molar-refractivity contribution in [2.45, 2.75) is 124 Å². The number of hydrogen-bond acceptors (Lipinski definition) is 2. The van der Waals surface area contributed by atoms with E-state index in [0.29, 0.717) is 0 Å². The molecule has 2 aromatic rings. The van der Waals surface area contributed by atoms with Gasteiger partial charge in [-0.25, -0.2) is 0 Å². The fraction of sp³-hybridized carbons (Fsp3) is 0.514. The maximum absolute atomic E-state index is 5.14. The van der Waals surface area contributed by atoms with Crippen molar-refractivity contribution >= 4 is 23.3 Å². The standard InChI is InChI=1S/C37H50N2.Ni/c1-4-7-10-11-12-13-14-15-16-17-20-29-35(39-37-31-24-22-28-34(37)26-19-9-6-3)32-38-36-30-23-21-27-33(36)25-18-8-5-2;/h21-24,27-28,30-32H,4,7,10-20,25-26,29H2,1-3H3;. The van der Waals surface area contributed by atoms with Crippen LogP contribution in [0.1, 0.15) is 122 Å². The predicted octanol–water partition coefficient (Wildman–Crippen LogP) is 10.8. The van der Waals surface area contributed by atoms with E-state index in [0.717, 1.165) is 55.6 Å². The Morgan fingerprint density at radius 3 is 1.68 bits per heavy atom. The molecule has 2 aromatic carbocycles. The molecule has 0 aromatic heterocycles. The van der Waals surface area contributed by atoms with Gasteiger partial charge >= 0.3 is 0 Å². The Kier molecular flexibility index (Phi) is 21.4. The van der Waals surface area contributed by atoms with Crippen molar-refractivity contribution in [1.82, 2.24) is 0 Å². The van der Waals surface area contributed by atoms with Crippen LogP contribution in [-0.4, -0.2) is 11.9 Å². The fourth-order valence-electron chi connectivity index (χ4n) is 4.74. The van der Waals surface area contributed by atoms with Gasteiger partial charge in [-0.05, 0) is 62.8 Å². The van der Waals surface area contributed by atoms with Crippen LogP contribution in [0.5, 0.6) is 0 Å². The van der Waals surface area contributed by atoms with Crippen LogP contribution in [0.4, 0.5) is 11.4 Å². The largest absolute Gasteiger partial charge is 0.255 e. The second-order valence-corrected chi connectivity index (χ2v) is 10.3. The topological polar surface area (TPSA) is 24.7 Å². The van der Waals surface area contributed by atoms with Crippen LogP contribution in [-0.2, 0) is 29.3 Å². The van der Waals surface area contributed by atoms with E-state index in [-0.39, 0.29) is 16.5 Å². The first kappa shape index (κ1) is 35.4. The molecule has 0 N–H and O–H groups in total. The first-order valence-corrected chi connectivity index (χ1v) is 15.3. The minimum Gasteiger partial charge on any atom is -0.255 e. The third-order valence-electron chi connectivity index (χ3n) is 7.03. The van der Waals surface area contributed by atoms with E-state index in [4.69, 9.17) is 9.98 Å². The molecule has 0 spiro atoms. The molecule has 0 bridgehead atoms. The molecule has 218 valence electrons. The smallest absolute Gasteiger partial charge is 0.0665 e. The van der Waals surface area contributed by atoms with E-state index in [1.165, 1.54) is 75.3 Å². The number of rotatable bonds is 19. The van der Waals surface area contributed by atoms with Crippen LogP contribution in [0.3, 0.4) is 0 Å². The predicted molar refractivity (Wildman–Crippen MR) is 173 cm³/mol. The molecule has 0 fully saturated rings. The molecule has 0 unspecified atom stereocenters. The Labute approximate surface area is 255 Å². The zero-order valence-electron chi connectivity index (χ0n) is 25.2. The summed E-state index contributed by atoms with van der Waals surface area (Å²) >= 11 is 0. The Morgan fingerprint density at radius 1 is 0.650 bits per heavy atom. The van der Waals surface area contributed by atoms with Crippen molar-refractivity contribution in [2.75, 3.05) is 0 Å². The number of hydrogen-bond donors (Lipinski definition) is 0. The maximum atomic E-state index is 5.14. The van der Waals surface area contributed by atoms with Crippen molar-refractivity contribution < 1.29 is 16.5 Å². The maximum Gasteiger partial charge on any atom is 0.0665 e. The van der Waals surface area contributed by atoms with Crippen molar-refractivity contribution in [1.29, 1.82) is 0 Å². The first-order valence-electron chi connectivity index (χ1n) is 15.3. The van der Waals surface area contributed by atoms with Crippen LogP contribution in [0.15, 0.2) is 58.5 Å². The van der Waals surface area contributed by atoms with Crippen LogP contribution in [0, 0.1) is 23.7 Å². The van der Waals surface area contributed by atoms with Gasteiger partial charge in [0.05, 0.1) is 17.1 Å². The zero-order chi connectivity index (χ0) is 27.8. The summed E-state index contributed by atoms with van der Waals surface area (Å²) in [4.78, 5) is 10.1. The number of benzene rings is 2. The van der Waals surface area contributed by atoms with E-state index in [1.807, 2.05) is 20.1 Å². The second-order valence-electron chi connectivity index (χ2n) is 10.3. The van der Waals surface area contributed by atoms with Crippen LogP contribution in [0.25, 0.3) is 0 Å². The van der Waals surface area contributed by atoms with Gasteiger partial charge in [-0.15, -0.1) is 23.7 Å². The molecule has 0 amide bonds. The number of para-hydroxylation sites is 2. The van der Waals surface area contributed by atoms with Crippen molar-refractivity contribution in [3.63, 3.8) is 0 Å². The van der Waals surface area contributed by atoms with Gasteiger partial charge < -0.3 is 0 Å². The normalized spacial score (nSPS) is 10.9. The monoisotopic (exact) mass is 580 g/mol. The molecule has 0 aliphatic heterocycles. The summed E-state index contributed by atoms with van der Waals surface area (Å²) in [6.07, 6.45) is 21.3. The van der Waals surface area contributed by atoms with Gasteiger partial charge in [0.25, 0.3) is 0 Å². The minimum absolute atomic E-state index is 0. The zero-order valence-corrected chi connectivity index (χ0v) is 26.2. The molecule has 2 nitrogen and oxygen atoms in total.